The van der Waals surface area contributed by atoms with Gasteiger partial charge in [-0.25, -0.2) is 9.18 Å². The molecule has 1 atom stereocenters. The highest BCUT2D eigenvalue weighted by Crippen LogP contribution is 2.19. The predicted octanol–water partition coefficient (Wildman–Crippen LogP) is -0.227. The Morgan fingerprint density at radius 1 is 1.78 bits per heavy atom. The molecule has 0 spiro atoms. The van der Waals surface area contributed by atoms with Crippen molar-refractivity contribution in [3.8, 4) is 0 Å². The molecule has 3 nitrogen and oxygen atoms in total. The molecule has 0 bridgehead atoms. The highest BCUT2D eigenvalue weighted by molar-refractivity contribution is 5.78. The number of halogens is 1. The van der Waals surface area contributed by atoms with Crippen molar-refractivity contribution in [3.63, 3.8) is 0 Å². The molecule has 4 heteroatoms. The van der Waals surface area contributed by atoms with Gasteiger partial charge in [-0.05, 0) is 6.54 Å². The molecule has 2 N–H and O–H groups in total. The molecule has 1 rings (SSSR count). The summed E-state index contributed by atoms with van der Waals surface area (Å²) in [5.41, 5.74) is -2.00. The van der Waals surface area contributed by atoms with E-state index in [1.54, 1.807) is 0 Å². The predicted molar refractivity (Wildman–Crippen MR) is 29.0 cm³/mol. The third kappa shape index (κ3) is 1.03. The van der Waals surface area contributed by atoms with Crippen LogP contribution in [0.15, 0.2) is 0 Å². The number of nitrogens with one attached hydrogen (secondary N) is 1. The van der Waals surface area contributed by atoms with Gasteiger partial charge in [0, 0.05) is 13.0 Å². The standard InChI is InChI=1S/C5H8FNO2/c6-5(4(8)9)1-2-7-3-5/h7H,1-3H2,(H,8,9)/t5-/m0/s1. The first-order valence-electron chi connectivity index (χ1n) is 2.78. The van der Waals surface area contributed by atoms with E-state index in [1.165, 1.54) is 0 Å². The van der Waals surface area contributed by atoms with Crippen molar-refractivity contribution in [3.05, 3.63) is 0 Å². The average Bonchev–Trinajstić information content (AvgIpc) is 2.16. The van der Waals surface area contributed by atoms with Gasteiger partial charge in [0.2, 0.25) is 5.67 Å². The monoisotopic (exact) mass is 133 g/mol. The molecule has 0 aliphatic carbocycles. The zero-order valence-electron chi connectivity index (χ0n) is 4.85. The Hall–Kier alpha value is -0.640. The summed E-state index contributed by atoms with van der Waals surface area (Å²) in [6.07, 6.45) is 0.0856. The highest BCUT2D eigenvalue weighted by atomic mass is 19.1. The number of carboxylic acids is 1. The highest BCUT2D eigenvalue weighted by Gasteiger charge is 2.41. The molecular weight excluding hydrogens is 125 g/mol. The van der Waals surface area contributed by atoms with Crippen LogP contribution in [0.3, 0.4) is 0 Å². The molecule has 1 aliphatic rings. The van der Waals surface area contributed by atoms with E-state index in [-0.39, 0.29) is 13.0 Å². The van der Waals surface area contributed by atoms with Crippen LogP contribution in [0.1, 0.15) is 6.42 Å². The van der Waals surface area contributed by atoms with Crippen molar-refractivity contribution in [1.82, 2.24) is 5.32 Å². The molecule has 1 saturated heterocycles. The second-order valence-electron chi connectivity index (χ2n) is 2.20. The van der Waals surface area contributed by atoms with Crippen LogP contribution in [0.5, 0.6) is 0 Å². The van der Waals surface area contributed by atoms with Gasteiger partial charge in [0.1, 0.15) is 0 Å². The lowest BCUT2D eigenvalue weighted by atomic mass is 10.1. The van der Waals surface area contributed by atoms with Crippen LogP contribution >= 0.6 is 0 Å². The summed E-state index contributed by atoms with van der Waals surface area (Å²) in [7, 11) is 0. The Balaban J connectivity index is 2.61. The zero-order valence-corrected chi connectivity index (χ0v) is 4.85. The number of carboxylic acid groups (broad SMARTS) is 1. The van der Waals surface area contributed by atoms with Gasteiger partial charge in [-0.15, -0.1) is 0 Å². The number of hydrogen-bond acceptors (Lipinski definition) is 2. The summed E-state index contributed by atoms with van der Waals surface area (Å²) in [6.45, 7) is 0.408. The number of carbonyl (C=O) groups is 1. The van der Waals surface area contributed by atoms with Crippen LogP contribution in [-0.4, -0.2) is 29.8 Å². The Kier molecular flexibility index (Phi) is 1.40. The van der Waals surface area contributed by atoms with Crippen molar-refractivity contribution in [2.24, 2.45) is 0 Å². The van der Waals surface area contributed by atoms with Crippen molar-refractivity contribution in [2.45, 2.75) is 12.1 Å². The molecule has 1 aliphatic heterocycles. The van der Waals surface area contributed by atoms with E-state index >= 15 is 0 Å². The van der Waals surface area contributed by atoms with Gasteiger partial charge in [-0.1, -0.05) is 0 Å². The second-order valence-corrected chi connectivity index (χ2v) is 2.20. The van der Waals surface area contributed by atoms with Crippen LogP contribution in [0.2, 0.25) is 0 Å². The van der Waals surface area contributed by atoms with Gasteiger partial charge in [0.05, 0.1) is 0 Å². The molecule has 0 radical (unpaired) electrons. The zero-order chi connectivity index (χ0) is 6.91. The molecule has 0 aromatic rings. The van der Waals surface area contributed by atoms with Crippen LogP contribution in [0.4, 0.5) is 4.39 Å². The number of alkyl halides is 1. The van der Waals surface area contributed by atoms with Gasteiger partial charge in [0.25, 0.3) is 0 Å². The second kappa shape index (κ2) is 1.95. The summed E-state index contributed by atoms with van der Waals surface area (Å²) in [5, 5.41) is 10.9. The fourth-order valence-electron chi connectivity index (χ4n) is 0.844. The van der Waals surface area contributed by atoms with Gasteiger partial charge in [0.15, 0.2) is 0 Å². The lowest BCUT2D eigenvalue weighted by molar-refractivity contribution is -0.149. The Morgan fingerprint density at radius 3 is 2.67 bits per heavy atom. The minimum absolute atomic E-state index is 0.0532. The van der Waals surface area contributed by atoms with Gasteiger partial charge >= 0.3 is 5.97 Å². The molecule has 9 heavy (non-hydrogen) atoms. The maximum absolute atomic E-state index is 12.8. The minimum atomic E-state index is -2.00. The van der Waals surface area contributed by atoms with Crippen LogP contribution in [0.25, 0.3) is 0 Å². The number of aliphatic carboxylic acids is 1. The first-order valence-corrected chi connectivity index (χ1v) is 2.78. The van der Waals surface area contributed by atoms with Crippen molar-refractivity contribution in [2.75, 3.05) is 13.1 Å². The van der Waals surface area contributed by atoms with Crippen LogP contribution in [-0.2, 0) is 4.79 Å². The molecule has 52 valence electrons. The first-order chi connectivity index (χ1) is 4.15. The molecule has 0 aromatic heterocycles. The largest absolute Gasteiger partial charge is 0.479 e. The Morgan fingerprint density at radius 2 is 2.44 bits per heavy atom. The maximum atomic E-state index is 12.8. The topological polar surface area (TPSA) is 49.3 Å². The molecule has 0 unspecified atom stereocenters. The van der Waals surface area contributed by atoms with Crippen LogP contribution in [0, 0.1) is 0 Å². The average molecular weight is 133 g/mol. The van der Waals surface area contributed by atoms with Crippen LogP contribution < -0.4 is 5.32 Å². The molecule has 1 fully saturated rings. The Bertz CT molecular complexity index is 131. The van der Waals surface area contributed by atoms with E-state index in [1.807, 2.05) is 0 Å². The molecular formula is C5H8FNO2. The SMILES string of the molecule is O=C(O)[C@]1(F)CCNC1. The fraction of sp³-hybridized carbons (Fsp3) is 0.800. The molecule has 0 amide bonds. The lowest BCUT2D eigenvalue weighted by Crippen LogP contribution is -2.35. The van der Waals surface area contributed by atoms with E-state index in [9.17, 15) is 9.18 Å². The summed E-state index contributed by atoms with van der Waals surface area (Å²) in [4.78, 5) is 10.1. The summed E-state index contributed by atoms with van der Waals surface area (Å²) in [5.74, 6) is -1.35. The van der Waals surface area contributed by atoms with E-state index in [4.69, 9.17) is 5.11 Å². The third-order valence-electron chi connectivity index (χ3n) is 1.49. The smallest absolute Gasteiger partial charge is 0.342 e. The lowest BCUT2D eigenvalue weighted by Gasteiger charge is -2.09. The number of rotatable bonds is 1. The fourth-order valence-corrected chi connectivity index (χ4v) is 0.844. The van der Waals surface area contributed by atoms with E-state index in [0.717, 1.165) is 0 Å². The summed E-state index contributed by atoms with van der Waals surface area (Å²) in [6, 6.07) is 0. The van der Waals surface area contributed by atoms with E-state index in [2.05, 4.69) is 5.32 Å². The van der Waals surface area contributed by atoms with Crippen molar-refractivity contribution in [1.29, 1.82) is 0 Å². The van der Waals surface area contributed by atoms with Crippen molar-refractivity contribution >= 4 is 5.97 Å². The maximum Gasteiger partial charge on any atom is 0.342 e. The molecule has 0 aromatic carbocycles. The quantitative estimate of drug-likeness (QED) is 0.519. The molecule has 1 heterocycles. The van der Waals surface area contributed by atoms with Crippen molar-refractivity contribution < 1.29 is 14.3 Å². The Labute approximate surface area is 51.9 Å². The first kappa shape index (κ1) is 6.48. The van der Waals surface area contributed by atoms with E-state index < -0.39 is 11.6 Å². The third-order valence-corrected chi connectivity index (χ3v) is 1.49. The number of hydrogen-bond donors (Lipinski definition) is 2. The summed E-state index contributed by atoms with van der Waals surface area (Å²) >= 11 is 0. The normalized spacial score (nSPS) is 34.8. The summed E-state index contributed by atoms with van der Waals surface area (Å²) < 4.78 is 12.8. The van der Waals surface area contributed by atoms with Gasteiger partial charge in [-0.3, -0.25) is 0 Å². The minimum Gasteiger partial charge on any atom is -0.479 e. The van der Waals surface area contributed by atoms with E-state index in [0.29, 0.717) is 6.54 Å². The van der Waals surface area contributed by atoms with Gasteiger partial charge in [-0.2, -0.15) is 0 Å². The van der Waals surface area contributed by atoms with Gasteiger partial charge < -0.3 is 10.4 Å². The molecule has 0 saturated carbocycles.